The predicted molar refractivity (Wildman–Crippen MR) is 88.3 cm³/mol. The van der Waals surface area contributed by atoms with Gasteiger partial charge in [0.25, 0.3) is 0 Å². The van der Waals surface area contributed by atoms with E-state index in [1.807, 2.05) is 23.5 Å². The second kappa shape index (κ2) is 7.09. The molecule has 0 atom stereocenters. The zero-order chi connectivity index (χ0) is 15.3. The summed E-state index contributed by atoms with van der Waals surface area (Å²) in [6, 6.07) is 4.86. The molecule has 2 rings (SSSR count). The Hall–Kier alpha value is -1.34. The van der Waals surface area contributed by atoms with Gasteiger partial charge < -0.3 is 9.84 Å². The average Bonchev–Trinajstić information content (AvgIpc) is 2.87. The summed E-state index contributed by atoms with van der Waals surface area (Å²) < 4.78 is 4.97. The van der Waals surface area contributed by atoms with Crippen LogP contribution in [0.25, 0.3) is 0 Å². The van der Waals surface area contributed by atoms with Gasteiger partial charge in [0.1, 0.15) is 0 Å². The second-order valence-electron chi connectivity index (χ2n) is 4.73. The van der Waals surface area contributed by atoms with Crippen LogP contribution in [0.4, 0.5) is 0 Å². The second-order valence-corrected chi connectivity index (χ2v) is 8.19. The minimum absolute atomic E-state index is 0.0403. The average molecular weight is 326 g/mol. The van der Waals surface area contributed by atoms with Gasteiger partial charge in [-0.15, -0.1) is 23.5 Å². The molecule has 0 bridgehead atoms. The highest BCUT2D eigenvalue weighted by Crippen LogP contribution is 2.45. The fourth-order valence-electron chi connectivity index (χ4n) is 1.94. The van der Waals surface area contributed by atoms with Gasteiger partial charge in [0, 0.05) is 11.5 Å². The van der Waals surface area contributed by atoms with Crippen molar-refractivity contribution in [1.82, 2.24) is 5.43 Å². The van der Waals surface area contributed by atoms with E-state index in [0.29, 0.717) is 12.2 Å². The fourth-order valence-corrected chi connectivity index (χ4v) is 4.77. The van der Waals surface area contributed by atoms with Crippen LogP contribution in [-0.2, 0) is 4.79 Å². The number of hydrogen-bond acceptors (Lipinski definition) is 6. The fraction of sp³-hybridized carbons (Fsp3) is 0.429. The molecule has 2 N–H and O–H groups in total. The summed E-state index contributed by atoms with van der Waals surface area (Å²) in [4.78, 5) is 11.9. The lowest BCUT2D eigenvalue weighted by molar-refractivity contribution is -0.121. The molecule has 21 heavy (non-hydrogen) atoms. The number of benzene rings is 1. The number of phenols is 1. The van der Waals surface area contributed by atoms with Crippen LogP contribution in [0.3, 0.4) is 0 Å². The molecule has 0 aromatic heterocycles. The number of carbonyl (C=O) groups excluding carboxylic acids is 1. The summed E-state index contributed by atoms with van der Waals surface area (Å²) in [5, 5.41) is 13.4. The summed E-state index contributed by atoms with van der Waals surface area (Å²) in [5.74, 6) is 2.52. The molecule has 0 radical (unpaired) electrons. The van der Waals surface area contributed by atoms with Gasteiger partial charge in [0.05, 0.1) is 23.8 Å². The Morgan fingerprint density at radius 3 is 2.90 bits per heavy atom. The Bertz CT molecular complexity index is 543. The molecule has 1 aromatic carbocycles. The standard InChI is InChI=1S/C14H18N2O3S2/c1-14(20-5-6-21-14)8-13(18)16-15-9-10-3-4-11(17)12(7-10)19-2/h3-4,7,9,17H,5-6,8H2,1-2H3,(H,16,18)/b15-9-. The molecular weight excluding hydrogens is 308 g/mol. The molecule has 0 aliphatic carbocycles. The van der Waals surface area contributed by atoms with Crippen molar-refractivity contribution >= 4 is 35.6 Å². The third-order valence-electron chi connectivity index (χ3n) is 2.99. The third kappa shape index (κ3) is 4.57. The van der Waals surface area contributed by atoms with E-state index in [0.717, 1.165) is 17.1 Å². The van der Waals surface area contributed by atoms with Gasteiger partial charge in [0.15, 0.2) is 11.5 Å². The zero-order valence-corrected chi connectivity index (χ0v) is 13.6. The minimum Gasteiger partial charge on any atom is -0.504 e. The van der Waals surface area contributed by atoms with E-state index in [1.165, 1.54) is 19.4 Å². The summed E-state index contributed by atoms with van der Waals surface area (Å²) in [6.07, 6.45) is 1.97. The summed E-state index contributed by atoms with van der Waals surface area (Å²) >= 11 is 3.63. The van der Waals surface area contributed by atoms with Crippen LogP contribution in [0, 0.1) is 0 Å². The third-order valence-corrected chi connectivity index (χ3v) is 6.28. The van der Waals surface area contributed by atoms with Gasteiger partial charge in [-0.25, -0.2) is 5.43 Å². The van der Waals surface area contributed by atoms with Crippen molar-refractivity contribution in [3.8, 4) is 11.5 Å². The van der Waals surface area contributed by atoms with Crippen molar-refractivity contribution in [2.24, 2.45) is 5.10 Å². The van der Waals surface area contributed by atoms with Crippen LogP contribution in [0.2, 0.25) is 0 Å². The van der Waals surface area contributed by atoms with Gasteiger partial charge in [-0.05, 0) is 30.7 Å². The Morgan fingerprint density at radius 2 is 2.24 bits per heavy atom. The highest BCUT2D eigenvalue weighted by molar-refractivity contribution is 8.21. The number of amides is 1. The number of hydrogen-bond donors (Lipinski definition) is 2. The summed E-state index contributed by atoms with van der Waals surface area (Å²) in [7, 11) is 1.48. The van der Waals surface area contributed by atoms with Crippen LogP contribution in [-0.4, -0.2) is 39.9 Å². The van der Waals surface area contributed by atoms with E-state index in [9.17, 15) is 9.90 Å². The molecule has 0 unspecified atom stereocenters. The molecule has 5 nitrogen and oxygen atoms in total. The van der Waals surface area contributed by atoms with Crippen molar-refractivity contribution in [1.29, 1.82) is 0 Å². The molecule has 1 aliphatic heterocycles. The van der Waals surface area contributed by atoms with Crippen molar-refractivity contribution in [2.45, 2.75) is 17.4 Å². The summed E-state index contributed by atoms with van der Waals surface area (Å²) in [6.45, 7) is 2.09. The number of aromatic hydroxyl groups is 1. The first-order valence-corrected chi connectivity index (χ1v) is 8.46. The monoisotopic (exact) mass is 326 g/mol. The van der Waals surface area contributed by atoms with E-state index in [4.69, 9.17) is 4.74 Å². The molecule has 1 fully saturated rings. The molecule has 1 aromatic rings. The van der Waals surface area contributed by atoms with Crippen molar-refractivity contribution in [2.75, 3.05) is 18.6 Å². The molecule has 1 heterocycles. The smallest absolute Gasteiger partial charge is 0.242 e. The predicted octanol–water partition coefficient (Wildman–Crippen LogP) is 2.44. The lowest BCUT2D eigenvalue weighted by Crippen LogP contribution is -2.26. The highest BCUT2D eigenvalue weighted by atomic mass is 32.2. The lowest BCUT2D eigenvalue weighted by Gasteiger charge is -2.19. The summed E-state index contributed by atoms with van der Waals surface area (Å²) in [5.41, 5.74) is 3.27. The minimum atomic E-state index is -0.0959. The molecule has 1 amide bonds. The zero-order valence-electron chi connectivity index (χ0n) is 12.0. The van der Waals surface area contributed by atoms with Gasteiger partial charge in [-0.3, -0.25) is 4.79 Å². The van der Waals surface area contributed by atoms with Crippen LogP contribution in [0.15, 0.2) is 23.3 Å². The van der Waals surface area contributed by atoms with Gasteiger partial charge >= 0.3 is 0 Å². The largest absolute Gasteiger partial charge is 0.504 e. The van der Waals surface area contributed by atoms with Crippen LogP contribution >= 0.6 is 23.5 Å². The topological polar surface area (TPSA) is 70.9 Å². The van der Waals surface area contributed by atoms with E-state index in [-0.39, 0.29) is 15.7 Å². The van der Waals surface area contributed by atoms with E-state index in [1.54, 1.807) is 12.1 Å². The lowest BCUT2D eigenvalue weighted by atomic mass is 10.2. The Morgan fingerprint density at radius 1 is 1.52 bits per heavy atom. The number of rotatable bonds is 5. The van der Waals surface area contributed by atoms with Gasteiger partial charge in [-0.2, -0.15) is 5.10 Å². The SMILES string of the molecule is COc1cc(/C=N\NC(=O)CC2(C)SCCS2)ccc1O. The first-order chi connectivity index (χ1) is 10.0. The highest BCUT2D eigenvalue weighted by Gasteiger charge is 2.32. The van der Waals surface area contributed by atoms with Crippen molar-refractivity contribution in [3.63, 3.8) is 0 Å². The molecule has 7 heteroatoms. The van der Waals surface area contributed by atoms with Crippen molar-refractivity contribution in [3.05, 3.63) is 23.8 Å². The van der Waals surface area contributed by atoms with E-state index >= 15 is 0 Å². The van der Waals surface area contributed by atoms with Crippen LogP contribution < -0.4 is 10.2 Å². The molecule has 0 spiro atoms. The molecular formula is C14H18N2O3S2. The normalized spacial score (nSPS) is 17.0. The number of methoxy groups -OCH3 is 1. The van der Waals surface area contributed by atoms with Crippen LogP contribution in [0.1, 0.15) is 18.9 Å². The number of carbonyl (C=O) groups is 1. The quantitative estimate of drug-likeness (QED) is 0.642. The Balaban J connectivity index is 1.88. The molecule has 114 valence electrons. The first kappa shape index (κ1) is 16.0. The number of thioether (sulfide) groups is 2. The maximum atomic E-state index is 11.9. The number of nitrogens with zero attached hydrogens (tertiary/aromatic N) is 1. The Kier molecular flexibility index (Phi) is 5.41. The maximum Gasteiger partial charge on any atom is 0.242 e. The molecule has 0 saturated carbocycles. The number of phenolic OH excluding ortho intramolecular Hbond substituents is 1. The van der Waals surface area contributed by atoms with E-state index in [2.05, 4.69) is 17.5 Å². The molecule has 1 saturated heterocycles. The Labute approximate surface area is 132 Å². The molecule has 1 aliphatic rings. The first-order valence-electron chi connectivity index (χ1n) is 6.49. The number of nitrogens with one attached hydrogen (secondary N) is 1. The van der Waals surface area contributed by atoms with Gasteiger partial charge in [-0.1, -0.05) is 0 Å². The maximum absolute atomic E-state index is 11.9. The van der Waals surface area contributed by atoms with E-state index < -0.39 is 0 Å². The number of ether oxygens (including phenoxy) is 1. The number of hydrazone groups is 1. The van der Waals surface area contributed by atoms with Crippen molar-refractivity contribution < 1.29 is 14.6 Å². The van der Waals surface area contributed by atoms with Gasteiger partial charge in [0.2, 0.25) is 5.91 Å². The van der Waals surface area contributed by atoms with Crippen LogP contribution in [0.5, 0.6) is 11.5 Å².